The predicted octanol–water partition coefficient (Wildman–Crippen LogP) is -3.87. The summed E-state index contributed by atoms with van der Waals surface area (Å²) in [6.45, 7) is -0.671. The highest BCUT2D eigenvalue weighted by molar-refractivity contribution is 5.77. The fourth-order valence-corrected chi connectivity index (χ4v) is 1.55. The maximum absolute atomic E-state index is 11.6. The Balaban J connectivity index is 2.67. The number of nitrogens with two attached hydrogens (primary N) is 1. The summed E-state index contributed by atoms with van der Waals surface area (Å²) in [6, 6.07) is -1.46. The van der Waals surface area contributed by atoms with E-state index in [-0.39, 0.29) is 0 Å². The normalized spacial score (nSPS) is 36.0. The Morgan fingerprint density at radius 3 is 2.40 bits per heavy atom. The summed E-state index contributed by atoms with van der Waals surface area (Å²) in [4.78, 5) is 22.1. The van der Waals surface area contributed by atoms with Crippen molar-refractivity contribution < 1.29 is 44.6 Å². The molecule has 7 N–H and O–H groups in total. The zero-order chi connectivity index (χ0) is 15.4. The van der Waals surface area contributed by atoms with E-state index in [1.54, 1.807) is 0 Å². The summed E-state index contributed by atoms with van der Waals surface area (Å²) >= 11 is 0. The van der Waals surface area contributed by atoms with Crippen molar-refractivity contribution in [2.24, 2.45) is 5.73 Å². The second-order valence-corrected chi connectivity index (χ2v) is 4.38. The van der Waals surface area contributed by atoms with E-state index >= 15 is 0 Å². The molecule has 1 rings (SSSR count). The van der Waals surface area contributed by atoms with Crippen LogP contribution in [0.4, 0.5) is 0 Å². The lowest BCUT2D eigenvalue weighted by molar-refractivity contribution is -0.209. The highest BCUT2D eigenvalue weighted by Crippen LogP contribution is 2.20. The summed E-state index contributed by atoms with van der Waals surface area (Å²) in [7, 11) is 0. The number of aliphatic hydroxyl groups is 4. The van der Waals surface area contributed by atoms with Crippen molar-refractivity contribution in [1.82, 2.24) is 0 Å². The summed E-state index contributed by atoms with van der Waals surface area (Å²) in [5, 5.41) is 46.4. The largest absolute Gasteiger partial charge is 0.480 e. The van der Waals surface area contributed by atoms with Gasteiger partial charge in [-0.2, -0.15) is 0 Å². The average Bonchev–Trinajstić information content (AvgIpc) is 2.48. The monoisotopic (exact) mass is 295 g/mol. The molecule has 0 aromatic rings. The third kappa shape index (κ3) is 4.10. The van der Waals surface area contributed by atoms with Gasteiger partial charge in [-0.15, -0.1) is 0 Å². The zero-order valence-corrected chi connectivity index (χ0v) is 10.3. The van der Waals surface area contributed by atoms with Crippen molar-refractivity contribution in [2.45, 2.75) is 43.2 Å². The molecule has 20 heavy (non-hydrogen) atoms. The minimum absolute atomic E-state index is 0.402. The van der Waals surface area contributed by atoms with Gasteiger partial charge < -0.3 is 40.7 Å². The summed E-state index contributed by atoms with van der Waals surface area (Å²) in [6.07, 6.45) is -8.71. The van der Waals surface area contributed by atoms with Crippen molar-refractivity contribution in [3.63, 3.8) is 0 Å². The summed E-state index contributed by atoms with van der Waals surface area (Å²) < 4.78 is 9.22. The van der Waals surface area contributed by atoms with Crippen LogP contribution in [0.2, 0.25) is 0 Å². The molecule has 1 saturated heterocycles. The summed E-state index contributed by atoms with van der Waals surface area (Å²) in [5.74, 6) is -2.60. The first-order valence-corrected chi connectivity index (χ1v) is 5.76. The molecular formula is C10H17NO9. The smallest absolute Gasteiger partial charge is 0.338 e. The minimum Gasteiger partial charge on any atom is -0.480 e. The molecule has 116 valence electrons. The molecule has 0 spiro atoms. The molecule has 0 aromatic carbocycles. The van der Waals surface area contributed by atoms with Crippen LogP contribution in [-0.2, 0) is 19.1 Å². The van der Waals surface area contributed by atoms with Gasteiger partial charge in [0, 0.05) is 6.42 Å². The number of hydrogen-bond donors (Lipinski definition) is 6. The van der Waals surface area contributed by atoms with Crippen LogP contribution in [0.1, 0.15) is 6.42 Å². The Morgan fingerprint density at radius 1 is 1.25 bits per heavy atom. The average molecular weight is 295 g/mol. The van der Waals surface area contributed by atoms with Gasteiger partial charge >= 0.3 is 11.9 Å². The van der Waals surface area contributed by atoms with Crippen LogP contribution in [0.3, 0.4) is 0 Å². The molecule has 0 aliphatic carbocycles. The minimum atomic E-state index is -1.80. The number of aliphatic hydroxyl groups excluding tert-OH is 4. The molecule has 6 atom stereocenters. The van der Waals surface area contributed by atoms with Crippen LogP contribution in [0, 0.1) is 0 Å². The van der Waals surface area contributed by atoms with E-state index in [2.05, 4.69) is 4.74 Å². The van der Waals surface area contributed by atoms with E-state index in [9.17, 15) is 30.0 Å². The molecule has 0 amide bonds. The van der Waals surface area contributed by atoms with Crippen LogP contribution in [-0.4, -0.2) is 80.8 Å². The van der Waals surface area contributed by atoms with Crippen molar-refractivity contribution >= 4 is 11.9 Å². The van der Waals surface area contributed by atoms with Crippen LogP contribution >= 0.6 is 0 Å². The molecule has 1 aliphatic heterocycles. The van der Waals surface area contributed by atoms with Gasteiger partial charge in [0.1, 0.15) is 24.9 Å². The van der Waals surface area contributed by atoms with Gasteiger partial charge in [-0.05, 0) is 0 Å². The fourth-order valence-electron chi connectivity index (χ4n) is 1.55. The third-order valence-electron chi connectivity index (χ3n) is 2.76. The molecule has 6 unspecified atom stereocenters. The second kappa shape index (κ2) is 6.92. The van der Waals surface area contributed by atoms with E-state index in [1.807, 2.05) is 0 Å². The number of rotatable bonds is 4. The van der Waals surface area contributed by atoms with Crippen molar-refractivity contribution in [1.29, 1.82) is 0 Å². The molecule has 1 aliphatic rings. The molecule has 0 radical (unpaired) electrons. The maximum atomic E-state index is 11.6. The van der Waals surface area contributed by atoms with Crippen LogP contribution in [0.15, 0.2) is 0 Å². The van der Waals surface area contributed by atoms with Gasteiger partial charge in [0.2, 0.25) is 0 Å². The molecule has 1 fully saturated rings. The second-order valence-electron chi connectivity index (χ2n) is 4.38. The van der Waals surface area contributed by atoms with Crippen molar-refractivity contribution in [3.05, 3.63) is 0 Å². The first kappa shape index (κ1) is 16.8. The highest BCUT2D eigenvalue weighted by atomic mass is 16.7. The SMILES string of the molecule is NC(COC(=O)C1OC(O)C(O)CC(O)C1O)C(=O)O. The number of carbonyl (C=O) groups excluding carboxylic acids is 1. The Morgan fingerprint density at radius 2 is 1.85 bits per heavy atom. The van der Waals surface area contributed by atoms with Crippen LogP contribution in [0.25, 0.3) is 0 Å². The number of ether oxygens (including phenoxy) is 2. The molecule has 1 heterocycles. The van der Waals surface area contributed by atoms with E-state index in [1.165, 1.54) is 0 Å². The number of carboxylic acids is 1. The van der Waals surface area contributed by atoms with Gasteiger partial charge in [0.15, 0.2) is 12.4 Å². The van der Waals surface area contributed by atoms with Gasteiger partial charge in [0.25, 0.3) is 0 Å². The predicted molar refractivity (Wildman–Crippen MR) is 60.1 cm³/mol. The topological polar surface area (TPSA) is 180 Å². The first-order valence-electron chi connectivity index (χ1n) is 5.76. The van der Waals surface area contributed by atoms with Gasteiger partial charge in [-0.3, -0.25) is 4.79 Å². The molecule has 0 bridgehead atoms. The first-order chi connectivity index (χ1) is 9.23. The molecule has 0 aromatic heterocycles. The van der Waals surface area contributed by atoms with Crippen molar-refractivity contribution in [3.8, 4) is 0 Å². The molecule has 10 heteroatoms. The Hall–Kier alpha value is -1.30. The number of esters is 1. The number of aliphatic carboxylic acids is 1. The fraction of sp³-hybridized carbons (Fsp3) is 0.800. The zero-order valence-electron chi connectivity index (χ0n) is 10.3. The number of hydrogen-bond acceptors (Lipinski definition) is 9. The Labute approximate surface area is 113 Å². The lowest BCUT2D eigenvalue weighted by Gasteiger charge is -2.23. The van der Waals surface area contributed by atoms with Crippen LogP contribution < -0.4 is 5.73 Å². The van der Waals surface area contributed by atoms with E-state index in [0.29, 0.717) is 0 Å². The lowest BCUT2D eigenvalue weighted by atomic mass is 10.0. The van der Waals surface area contributed by atoms with Gasteiger partial charge in [-0.1, -0.05) is 0 Å². The van der Waals surface area contributed by atoms with E-state index < -0.39 is 61.7 Å². The van der Waals surface area contributed by atoms with Gasteiger partial charge in [0.05, 0.1) is 6.10 Å². The van der Waals surface area contributed by atoms with E-state index in [0.717, 1.165) is 0 Å². The van der Waals surface area contributed by atoms with Gasteiger partial charge in [-0.25, -0.2) is 4.79 Å². The lowest BCUT2D eigenvalue weighted by Crippen LogP contribution is -2.46. The maximum Gasteiger partial charge on any atom is 0.338 e. The molecular weight excluding hydrogens is 278 g/mol. The van der Waals surface area contributed by atoms with Crippen molar-refractivity contribution in [2.75, 3.05) is 6.61 Å². The Kier molecular flexibility index (Phi) is 5.80. The number of carboxylic acid groups (broad SMARTS) is 1. The molecule has 0 saturated carbocycles. The highest BCUT2D eigenvalue weighted by Gasteiger charge is 2.42. The Bertz CT molecular complexity index is 363. The standard InChI is InChI=1S/C10H17NO9/c11-3(8(15)16)2-19-10(18)7-6(14)4(12)1-5(13)9(17)20-7/h3-7,9,12-14,17H,1-2,11H2,(H,15,16). The quantitative estimate of drug-likeness (QED) is 0.281. The van der Waals surface area contributed by atoms with Crippen LogP contribution in [0.5, 0.6) is 0 Å². The number of carbonyl (C=O) groups is 2. The third-order valence-corrected chi connectivity index (χ3v) is 2.76. The summed E-state index contributed by atoms with van der Waals surface area (Å²) in [5.41, 5.74) is 5.12. The molecule has 10 nitrogen and oxygen atoms in total. The van der Waals surface area contributed by atoms with E-state index in [4.69, 9.17) is 15.6 Å².